The van der Waals surface area contributed by atoms with Gasteiger partial charge in [-0.2, -0.15) is 20.4 Å². The van der Waals surface area contributed by atoms with E-state index in [4.69, 9.17) is 57.8 Å². The molecule has 4 fully saturated rings. The summed E-state index contributed by atoms with van der Waals surface area (Å²) in [5.74, 6) is 5.98. The molecular formula is C108H128N24O11S. The van der Waals surface area contributed by atoms with Gasteiger partial charge in [-0.05, 0) is 157 Å². The first-order chi connectivity index (χ1) is 70.1. The van der Waals surface area contributed by atoms with Gasteiger partial charge >= 0.3 is 0 Å². The second-order valence-corrected chi connectivity index (χ2v) is 38.9. The van der Waals surface area contributed by atoms with E-state index in [0.717, 1.165) is 260 Å². The molecule has 1 unspecified atom stereocenters. The SMILES string of the molecule is COc1cc(OC)cc(N(CCCN2CCC(O)C2)c2ccc3ncc(-c4cnn(C)c4)nc3c2)c1.COc1cc(OC)cc(N(CCCN2CCCC2)c2ccc3ncc(-c4cnn(CCS(C)(=O)=O)c4)nc3c2)c1.COc1cc(OC)cc(N(CCNC2CC2)c2ccc3ncc(-c4cnn(C)c4)nc3c2)c1.COc1cc(OC)cc(N(CCNC2CCCC2)c2ccc3ncc(-c4cnn(C)c4)nc3c2)c1. The molecule has 8 aromatic heterocycles. The van der Waals surface area contributed by atoms with Crippen molar-refractivity contribution in [1.29, 1.82) is 0 Å². The van der Waals surface area contributed by atoms with Gasteiger partial charge in [0.25, 0.3) is 0 Å². The van der Waals surface area contributed by atoms with Gasteiger partial charge in [-0.25, -0.2) is 28.4 Å². The van der Waals surface area contributed by atoms with Crippen molar-refractivity contribution in [3.05, 3.63) is 220 Å². The maximum atomic E-state index is 11.5. The van der Waals surface area contributed by atoms with Crippen LogP contribution in [0.25, 0.3) is 89.2 Å². The summed E-state index contributed by atoms with van der Waals surface area (Å²) in [6.07, 6.45) is 35.9. The Bertz CT molecular complexity index is 7060. The number of hydrogen-bond acceptors (Lipinski definition) is 31. The number of aliphatic hydroxyl groups is 1. The second-order valence-electron chi connectivity index (χ2n) is 36.6. The van der Waals surface area contributed by atoms with Crippen LogP contribution in [0.5, 0.6) is 46.0 Å². The summed E-state index contributed by atoms with van der Waals surface area (Å²) < 4.78 is 74.4. The molecule has 8 aromatic carbocycles. The zero-order chi connectivity index (χ0) is 100. The van der Waals surface area contributed by atoms with Crippen LogP contribution in [0.4, 0.5) is 45.5 Å². The Kier molecular flexibility index (Phi) is 33.2. The molecule has 0 bridgehead atoms. The summed E-state index contributed by atoms with van der Waals surface area (Å²) >= 11 is 0. The molecule has 752 valence electrons. The molecule has 35 nitrogen and oxygen atoms in total. The average Bonchev–Trinajstić information content (AvgIpc) is 1.71. The van der Waals surface area contributed by atoms with E-state index in [9.17, 15) is 13.5 Å². The molecule has 144 heavy (non-hydrogen) atoms. The van der Waals surface area contributed by atoms with E-state index in [1.54, 1.807) is 125 Å². The molecule has 0 radical (unpaired) electrons. The number of anilines is 8. The number of aryl methyl sites for hydroxylation is 4. The molecule has 0 amide bonds. The van der Waals surface area contributed by atoms with Gasteiger partial charge in [0.05, 0.1) is 192 Å². The fraction of sp³-hybridized carbons (Fsp3) is 0.370. The summed E-state index contributed by atoms with van der Waals surface area (Å²) in [6, 6.07) is 49.7. The van der Waals surface area contributed by atoms with E-state index in [1.807, 2.05) is 143 Å². The number of ether oxygens (including phenoxy) is 8. The number of β-amino-alcohol motifs (C(OH)–C–C–N with tert-alkyl or cyclic N) is 1. The van der Waals surface area contributed by atoms with Gasteiger partial charge in [0, 0.05) is 257 Å². The van der Waals surface area contributed by atoms with Crippen molar-refractivity contribution in [2.75, 3.05) is 167 Å². The molecule has 2 saturated carbocycles. The Morgan fingerprint density at radius 1 is 0.340 bits per heavy atom. The summed E-state index contributed by atoms with van der Waals surface area (Å²) in [4.78, 5) is 52.0. The predicted octanol–water partition coefficient (Wildman–Crippen LogP) is 16.5. The molecule has 0 spiro atoms. The number of nitrogens with zero attached hydrogens (tertiary/aromatic N) is 22. The van der Waals surface area contributed by atoms with Crippen LogP contribution in [0.1, 0.15) is 70.6 Å². The first-order valence-electron chi connectivity index (χ1n) is 49.0. The van der Waals surface area contributed by atoms with E-state index in [1.165, 1.54) is 70.7 Å². The van der Waals surface area contributed by atoms with Crippen molar-refractivity contribution in [1.82, 2.24) is 99.4 Å². The minimum atomic E-state index is -3.08. The second kappa shape index (κ2) is 47.5. The third-order valence-corrected chi connectivity index (χ3v) is 27.1. The lowest BCUT2D eigenvalue weighted by molar-refractivity contribution is 0.176. The Morgan fingerprint density at radius 3 is 0.951 bits per heavy atom. The lowest BCUT2D eigenvalue weighted by Gasteiger charge is -2.27. The predicted molar refractivity (Wildman–Crippen MR) is 565 cm³/mol. The number of fused-ring (bicyclic) bond motifs is 4. The first kappa shape index (κ1) is 101. The van der Waals surface area contributed by atoms with Crippen LogP contribution in [-0.2, 0) is 37.5 Å². The number of aromatic nitrogens is 16. The summed E-state index contributed by atoms with van der Waals surface area (Å²) in [5, 5.41) is 34.3. The van der Waals surface area contributed by atoms with Crippen LogP contribution in [0.3, 0.4) is 0 Å². The van der Waals surface area contributed by atoms with Crippen LogP contribution in [0.2, 0.25) is 0 Å². The number of likely N-dealkylation sites (tertiary alicyclic amines) is 2. The van der Waals surface area contributed by atoms with Crippen LogP contribution < -0.4 is 68.1 Å². The highest BCUT2D eigenvalue weighted by molar-refractivity contribution is 7.90. The molecule has 2 aliphatic carbocycles. The molecule has 2 aliphatic heterocycles. The van der Waals surface area contributed by atoms with E-state index in [2.05, 4.69) is 129 Å². The van der Waals surface area contributed by atoms with E-state index in [-0.39, 0.29) is 11.9 Å². The Morgan fingerprint density at radius 2 is 0.653 bits per heavy atom. The van der Waals surface area contributed by atoms with Crippen molar-refractivity contribution >= 4 is 99.5 Å². The molecule has 16 aromatic rings. The summed E-state index contributed by atoms with van der Waals surface area (Å²) in [7, 11) is 15.9. The molecule has 36 heteroatoms. The van der Waals surface area contributed by atoms with Gasteiger partial charge in [0.2, 0.25) is 0 Å². The van der Waals surface area contributed by atoms with E-state index < -0.39 is 9.84 Å². The molecule has 20 rings (SSSR count). The minimum absolute atomic E-state index is 0.0313. The number of aliphatic hydroxyl groups excluding tert-OH is 1. The molecule has 4 aliphatic rings. The number of hydrogen-bond donors (Lipinski definition) is 3. The van der Waals surface area contributed by atoms with Crippen molar-refractivity contribution in [3.63, 3.8) is 0 Å². The third kappa shape index (κ3) is 26.4. The van der Waals surface area contributed by atoms with Crippen molar-refractivity contribution < 1.29 is 51.4 Å². The van der Waals surface area contributed by atoms with Crippen molar-refractivity contribution in [3.8, 4) is 91.0 Å². The first-order valence-corrected chi connectivity index (χ1v) is 51.0. The maximum Gasteiger partial charge on any atom is 0.149 e. The molecule has 3 N–H and O–H groups in total. The average molecular weight is 1970 g/mol. The molecular weight excluding hydrogens is 1840 g/mol. The smallest absolute Gasteiger partial charge is 0.149 e. The normalized spacial score (nSPS) is 14.3. The van der Waals surface area contributed by atoms with Crippen LogP contribution in [0.15, 0.2) is 220 Å². The zero-order valence-corrected chi connectivity index (χ0v) is 84.8. The lowest BCUT2D eigenvalue weighted by Crippen LogP contribution is -2.34. The van der Waals surface area contributed by atoms with Crippen LogP contribution in [0, 0.1) is 0 Å². The highest BCUT2D eigenvalue weighted by Gasteiger charge is 2.27. The fourth-order valence-corrected chi connectivity index (χ4v) is 18.8. The monoisotopic (exact) mass is 1970 g/mol. The van der Waals surface area contributed by atoms with Crippen LogP contribution in [-0.4, -0.2) is 268 Å². The highest BCUT2D eigenvalue weighted by Crippen LogP contribution is 2.41. The number of nitrogens with one attached hydrogen (secondary N) is 2. The van der Waals surface area contributed by atoms with Gasteiger partial charge in [-0.1, -0.05) is 12.8 Å². The van der Waals surface area contributed by atoms with Crippen LogP contribution >= 0.6 is 0 Å². The Labute approximate surface area is 840 Å². The standard InChI is InChI=1S/C29H36N6O4S.C27H32N6O3.C27H32N6O2.C25H28N6O2/c1-38-25-15-24(16-26(18-25)39-2)35(12-6-11-33-9-4-5-10-33)23-7-8-27-28(17-23)32-29(20-30-27)22-19-31-34(21-22)13-14-40(3,36)37;1-31-17-19(15-29-31)27-16-28-25-6-5-20(13-26(25)30-27)33(9-4-8-32-10-7-22(34)18-32)21-11-23(35-2)14-24(12-21)36-3;1-32-18-19(16-30-32)27-17-29-25-9-8-21(14-26(25)31-27)33(11-10-28-20-6-4-5-7-20)22-12-23(34-2)15-24(13-22)35-3;1-30-16-17(14-28-30)25-15-27-23-7-6-19(12-24(23)29-25)31(9-8-26-18-4-5-18)20-10-21(32-2)13-22(11-20)33-3/h7-8,15-21H,4-6,9-14H2,1-3H3;5-6,11-17,22,34H,4,7-10,18H2,1-3H3;8-9,12-18,20,28H,4-7,10-11H2,1-3H3;6-7,10-16,18,26H,4-5,8-9H2,1-3H3. The minimum Gasteiger partial charge on any atom is -0.497 e. The number of rotatable bonds is 39. The summed E-state index contributed by atoms with van der Waals surface area (Å²) in [5.41, 5.74) is 21.3. The van der Waals surface area contributed by atoms with Gasteiger partial charge in [0.1, 0.15) is 55.8 Å². The molecule has 1 atom stereocenters. The Balaban J connectivity index is 0.000000132. The lowest BCUT2D eigenvalue weighted by atomic mass is 10.1. The third-order valence-electron chi connectivity index (χ3n) is 26.2. The van der Waals surface area contributed by atoms with Gasteiger partial charge in [-0.15, -0.1) is 0 Å². The molecule has 10 heterocycles. The maximum absolute atomic E-state index is 11.5. The quantitative estimate of drug-likeness (QED) is 0.0322. The number of benzene rings is 8. The summed E-state index contributed by atoms with van der Waals surface area (Å²) in [6.45, 7) is 11.3. The topological polar surface area (TPSA) is 346 Å². The largest absolute Gasteiger partial charge is 0.497 e. The fourth-order valence-electron chi connectivity index (χ4n) is 18.3. The van der Waals surface area contributed by atoms with Crippen molar-refractivity contribution in [2.24, 2.45) is 21.1 Å². The zero-order valence-electron chi connectivity index (χ0n) is 84.0. The number of sulfone groups is 1. The highest BCUT2D eigenvalue weighted by atomic mass is 32.2. The number of methoxy groups -OCH3 is 8. The van der Waals surface area contributed by atoms with E-state index in [0.29, 0.717) is 24.3 Å². The van der Waals surface area contributed by atoms with E-state index >= 15 is 0 Å². The van der Waals surface area contributed by atoms with Gasteiger partial charge in [0.15, 0.2) is 0 Å². The Hall–Kier alpha value is -14.7. The van der Waals surface area contributed by atoms with Gasteiger partial charge in [-0.3, -0.25) is 38.7 Å². The van der Waals surface area contributed by atoms with Crippen molar-refractivity contribution in [2.45, 2.75) is 95.4 Å². The molecule has 2 saturated heterocycles. The van der Waals surface area contributed by atoms with Gasteiger partial charge < -0.3 is 83.0 Å².